The third-order valence-electron chi connectivity index (χ3n) is 3.88. The number of nitrogens with two attached hydrogens (primary N) is 1. The highest BCUT2D eigenvalue weighted by Crippen LogP contribution is 2.37. The van der Waals surface area contributed by atoms with Gasteiger partial charge in [-0.15, -0.1) is 11.3 Å². The summed E-state index contributed by atoms with van der Waals surface area (Å²) in [4.78, 5) is 0. The topological polar surface area (TPSA) is 38.0 Å². The Hall–Kier alpha value is -0.900. The molecule has 3 heteroatoms. The molecule has 1 saturated carbocycles. The molecule has 1 aromatic heterocycles. The van der Waals surface area contributed by atoms with E-state index in [-0.39, 0.29) is 0 Å². The number of nitrogens with one attached hydrogen (secondary N) is 1. The van der Waals surface area contributed by atoms with Crippen molar-refractivity contribution in [3.8, 4) is 0 Å². The molecule has 1 atom stereocenters. The van der Waals surface area contributed by atoms with E-state index in [9.17, 15) is 0 Å². The Morgan fingerprint density at radius 1 is 1.35 bits per heavy atom. The predicted molar refractivity (Wildman–Crippen MR) is 73.8 cm³/mol. The average Bonchev–Trinajstić information content (AvgIpc) is 2.76. The van der Waals surface area contributed by atoms with Crippen LogP contribution in [0.25, 0.3) is 10.1 Å². The van der Waals surface area contributed by atoms with E-state index < -0.39 is 0 Å². The van der Waals surface area contributed by atoms with Gasteiger partial charge >= 0.3 is 0 Å². The quantitative estimate of drug-likeness (QED) is 0.639. The van der Waals surface area contributed by atoms with Gasteiger partial charge in [0.25, 0.3) is 0 Å². The molecule has 1 aromatic carbocycles. The van der Waals surface area contributed by atoms with E-state index in [0.717, 1.165) is 5.92 Å². The van der Waals surface area contributed by atoms with Crippen LogP contribution >= 0.6 is 11.3 Å². The van der Waals surface area contributed by atoms with Crippen molar-refractivity contribution in [1.82, 2.24) is 5.43 Å². The fourth-order valence-corrected chi connectivity index (χ4v) is 3.61. The number of hydrogen-bond donors (Lipinski definition) is 2. The van der Waals surface area contributed by atoms with Gasteiger partial charge in [-0.1, -0.05) is 37.5 Å². The molecular weight excluding hydrogens is 228 g/mol. The summed E-state index contributed by atoms with van der Waals surface area (Å²) in [7, 11) is 0. The van der Waals surface area contributed by atoms with Crippen molar-refractivity contribution in [3.63, 3.8) is 0 Å². The van der Waals surface area contributed by atoms with E-state index in [1.54, 1.807) is 0 Å². The van der Waals surface area contributed by atoms with Crippen LogP contribution in [-0.2, 0) is 0 Å². The molecule has 1 aliphatic rings. The number of rotatable bonds is 4. The lowest BCUT2D eigenvalue weighted by Crippen LogP contribution is -2.31. The van der Waals surface area contributed by atoms with Crippen LogP contribution in [0.2, 0.25) is 0 Å². The van der Waals surface area contributed by atoms with Gasteiger partial charge in [0.05, 0.1) is 0 Å². The minimum Gasteiger partial charge on any atom is -0.271 e. The van der Waals surface area contributed by atoms with E-state index in [4.69, 9.17) is 5.84 Å². The molecule has 0 saturated heterocycles. The lowest BCUT2D eigenvalue weighted by molar-refractivity contribution is 0.262. The molecule has 0 radical (unpaired) electrons. The molecule has 17 heavy (non-hydrogen) atoms. The summed E-state index contributed by atoms with van der Waals surface area (Å²) >= 11 is 1.81. The lowest BCUT2D eigenvalue weighted by atomic mass is 9.79. The van der Waals surface area contributed by atoms with Gasteiger partial charge in [0.1, 0.15) is 0 Å². The highest BCUT2D eigenvalue weighted by molar-refractivity contribution is 7.17. The molecule has 1 heterocycles. The van der Waals surface area contributed by atoms with Crippen LogP contribution in [0.4, 0.5) is 0 Å². The lowest BCUT2D eigenvalue weighted by Gasteiger charge is -2.29. The molecule has 3 rings (SSSR count). The predicted octanol–water partition coefficient (Wildman–Crippen LogP) is 3.60. The van der Waals surface area contributed by atoms with Gasteiger partial charge in [-0.2, -0.15) is 0 Å². The molecule has 0 amide bonds. The Labute approximate surface area is 106 Å². The summed E-state index contributed by atoms with van der Waals surface area (Å²) in [6, 6.07) is 9.01. The molecule has 0 spiro atoms. The van der Waals surface area contributed by atoms with E-state index in [2.05, 4.69) is 35.1 Å². The van der Waals surface area contributed by atoms with Crippen LogP contribution < -0.4 is 11.3 Å². The Kier molecular flexibility index (Phi) is 3.14. The maximum atomic E-state index is 5.75. The Morgan fingerprint density at radius 3 is 2.94 bits per heavy atom. The highest BCUT2D eigenvalue weighted by atomic mass is 32.1. The number of hydrazine groups is 1. The second-order valence-electron chi connectivity index (χ2n) is 4.94. The number of fused-ring (bicyclic) bond motifs is 1. The first-order valence-corrected chi connectivity index (χ1v) is 7.18. The molecule has 90 valence electrons. The maximum Gasteiger partial charge on any atom is 0.0476 e. The number of hydrogen-bond acceptors (Lipinski definition) is 3. The molecule has 1 unspecified atom stereocenters. The molecule has 1 aliphatic carbocycles. The van der Waals surface area contributed by atoms with Crippen molar-refractivity contribution < 1.29 is 0 Å². The van der Waals surface area contributed by atoms with Crippen molar-refractivity contribution in [2.24, 2.45) is 11.8 Å². The smallest absolute Gasteiger partial charge is 0.0476 e. The van der Waals surface area contributed by atoms with E-state index >= 15 is 0 Å². The monoisotopic (exact) mass is 246 g/mol. The first kappa shape index (κ1) is 11.2. The standard InChI is InChI=1S/C14H18N2S/c15-16-13(9-10-3-1-4-10)12-6-2-5-11-7-8-17-14(11)12/h2,5-8,10,13,16H,1,3-4,9,15H2. The summed E-state index contributed by atoms with van der Waals surface area (Å²) < 4.78 is 1.38. The van der Waals surface area contributed by atoms with Gasteiger partial charge in [-0.25, -0.2) is 0 Å². The van der Waals surface area contributed by atoms with Crippen molar-refractivity contribution in [3.05, 3.63) is 35.2 Å². The summed E-state index contributed by atoms with van der Waals surface area (Å²) in [6.45, 7) is 0. The molecule has 2 nitrogen and oxygen atoms in total. The van der Waals surface area contributed by atoms with E-state index in [1.807, 2.05) is 11.3 Å². The first-order chi connectivity index (χ1) is 8.38. The van der Waals surface area contributed by atoms with Crippen molar-refractivity contribution in [2.75, 3.05) is 0 Å². The summed E-state index contributed by atoms with van der Waals surface area (Å²) in [5.74, 6) is 6.61. The Bertz CT molecular complexity index is 502. The average molecular weight is 246 g/mol. The minimum atomic E-state index is 0.308. The maximum absolute atomic E-state index is 5.75. The molecule has 1 fully saturated rings. The van der Waals surface area contributed by atoms with Crippen LogP contribution in [0, 0.1) is 5.92 Å². The van der Waals surface area contributed by atoms with Crippen LogP contribution in [-0.4, -0.2) is 0 Å². The Balaban J connectivity index is 1.91. The Morgan fingerprint density at radius 2 is 2.24 bits per heavy atom. The van der Waals surface area contributed by atoms with Gasteiger partial charge < -0.3 is 0 Å². The molecule has 0 aliphatic heterocycles. The van der Waals surface area contributed by atoms with Gasteiger partial charge in [0.2, 0.25) is 0 Å². The second kappa shape index (κ2) is 4.77. The van der Waals surface area contributed by atoms with Gasteiger partial charge in [0, 0.05) is 10.7 Å². The normalized spacial score (nSPS) is 18.2. The largest absolute Gasteiger partial charge is 0.271 e. The highest BCUT2D eigenvalue weighted by Gasteiger charge is 2.23. The summed E-state index contributed by atoms with van der Waals surface area (Å²) in [5, 5.41) is 3.49. The number of benzene rings is 1. The van der Waals surface area contributed by atoms with E-state index in [0.29, 0.717) is 6.04 Å². The third kappa shape index (κ3) is 2.10. The van der Waals surface area contributed by atoms with Crippen LogP contribution in [0.1, 0.15) is 37.3 Å². The van der Waals surface area contributed by atoms with Gasteiger partial charge in [-0.3, -0.25) is 11.3 Å². The van der Waals surface area contributed by atoms with Gasteiger partial charge in [-0.05, 0) is 34.7 Å². The third-order valence-corrected chi connectivity index (χ3v) is 4.86. The second-order valence-corrected chi connectivity index (χ2v) is 5.85. The summed E-state index contributed by atoms with van der Waals surface area (Å²) in [6.07, 6.45) is 5.32. The molecular formula is C14H18N2S. The van der Waals surface area contributed by atoms with Crippen LogP contribution in [0.5, 0.6) is 0 Å². The fourth-order valence-electron chi connectivity index (χ4n) is 2.64. The summed E-state index contributed by atoms with van der Waals surface area (Å²) in [5.41, 5.74) is 4.37. The minimum absolute atomic E-state index is 0.308. The van der Waals surface area contributed by atoms with Crippen LogP contribution in [0.15, 0.2) is 29.6 Å². The van der Waals surface area contributed by atoms with Crippen molar-refractivity contribution in [1.29, 1.82) is 0 Å². The van der Waals surface area contributed by atoms with Crippen molar-refractivity contribution in [2.45, 2.75) is 31.7 Å². The zero-order valence-electron chi connectivity index (χ0n) is 9.86. The zero-order chi connectivity index (χ0) is 11.7. The van der Waals surface area contributed by atoms with Crippen molar-refractivity contribution >= 4 is 21.4 Å². The van der Waals surface area contributed by atoms with E-state index in [1.165, 1.54) is 41.3 Å². The number of thiophene rings is 1. The fraction of sp³-hybridized carbons (Fsp3) is 0.429. The molecule has 0 bridgehead atoms. The first-order valence-electron chi connectivity index (χ1n) is 6.30. The van der Waals surface area contributed by atoms with Crippen LogP contribution in [0.3, 0.4) is 0 Å². The molecule has 2 aromatic rings. The van der Waals surface area contributed by atoms with Gasteiger partial charge in [0.15, 0.2) is 0 Å². The zero-order valence-corrected chi connectivity index (χ0v) is 10.7. The SMILES string of the molecule is NNC(CC1CCC1)c1cccc2ccsc12. The molecule has 3 N–H and O–H groups in total.